The van der Waals surface area contributed by atoms with Gasteiger partial charge in [0, 0.05) is 23.5 Å². The highest BCUT2D eigenvalue weighted by molar-refractivity contribution is 7.10. The lowest BCUT2D eigenvalue weighted by Crippen LogP contribution is -2.49. The van der Waals surface area contributed by atoms with Crippen LogP contribution in [0.2, 0.25) is 0 Å². The molecule has 3 fully saturated rings. The largest absolute Gasteiger partial charge is 0.318 e. The number of thiophene rings is 1. The minimum absolute atomic E-state index is 0.112. The van der Waals surface area contributed by atoms with Crippen molar-refractivity contribution in [2.75, 3.05) is 19.6 Å². The molecule has 3 aliphatic heterocycles. The molecule has 0 bridgehead atoms. The second-order valence-corrected chi connectivity index (χ2v) is 7.09. The van der Waals surface area contributed by atoms with E-state index in [9.17, 15) is 4.79 Å². The molecule has 3 atom stereocenters. The van der Waals surface area contributed by atoms with Gasteiger partial charge in [0.2, 0.25) is 5.91 Å². The zero-order valence-corrected chi connectivity index (χ0v) is 12.4. The Kier molecular flexibility index (Phi) is 3.28. The van der Waals surface area contributed by atoms with Crippen LogP contribution in [-0.2, 0) is 4.79 Å². The topological polar surface area (TPSA) is 35.6 Å². The smallest absolute Gasteiger partial charge is 0.238 e. The van der Waals surface area contributed by atoms with Crippen LogP contribution in [0.3, 0.4) is 0 Å². The predicted molar refractivity (Wildman–Crippen MR) is 79.5 cm³/mol. The van der Waals surface area contributed by atoms with Gasteiger partial charge in [-0.1, -0.05) is 6.07 Å². The molecule has 1 amide bonds. The van der Waals surface area contributed by atoms with Crippen molar-refractivity contribution in [1.82, 2.24) is 15.1 Å². The van der Waals surface area contributed by atoms with Crippen LogP contribution >= 0.6 is 11.3 Å². The van der Waals surface area contributed by atoms with Crippen molar-refractivity contribution in [3.05, 3.63) is 22.4 Å². The van der Waals surface area contributed by atoms with Gasteiger partial charge in [-0.3, -0.25) is 10.1 Å². The summed E-state index contributed by atoms with van der Waals surface area (Å²) in [6.07, 6.45) is 5.05. The number of hydrogen-bond acceptors (Lipinski definition) is 4. The van der Waals surface area contributed by atoms with Crippen molar-refractivity contribution < 1.29 is 4.79 Å². The summed E-state index contributed by atoms with van der Waals surface area (Å²) < 4.78 is 0. The Morgan fingerprint density at radius 3 is 3.05 bits per heavy atom. The van der Waals surface area contributed by atoms with Crippen LogP contribution in [0.5, 0.6) is 0 Å². The van der Waals surface area contributed by atoms with Crippen molar-refractivity contribution >= 4 is 17.2 Å². The molecule has 4 rings (SSSR count). The molecule has 0 spiro atoms. The summed E-state index contributed by atoms with van der Waals surface area (Å²) in [6.45, 7) is 2.92. The SMILES string of the molecule is O=C1CNC(c2cccs2)N1C1CCN2CCCC2C1. The van der Waals surface area contributed by atoms with E-state index < -0.39 is 0 Å². The van der Waals surface area contributed by atoms with Crippen molar-refractivity contribution in [3.8, 4) is 0 Å². The third kappa shape index (κ3) is 2.08. The molecule has 108 valence electrons. The van der Waals surface area contributed by atoms with Gasteiger partial charge >= 0.3 is 0 Å². The molecule has 3 saturated heterocycles. The summed E-state index contributed by atoms with van der Waals surface area (Å²) in [5, 5.41) is 5.48. The number of carbonyl (C=O) groups is 1. The summed E-state index contributed by atoms with van der Waals surface area (Å²) in [7, 11) is 0. The average molecular weight is 291 g/mol. The zero-order valence-electron chi connectivity index (χ0n) is 11.6. The minimum Gasteiger partial charge on any atom is -0.318 e. The molecule has 3 unspecified atom stereocenters. The first-order valence-electron chi connectivity index (χ1n) is 7.65. The van der Waals surface area contributed by atoms with Crippen LogP contribution in [0.4, 0.5) is 0 Å². The fourth-order valence-corrected chi connectivity index (χ4v) is 4.87. The summed E-state index contributed by atoms with van der Waals surface area (Å²) in [4.78, 5) is 18.4. The van der Waals surface area contributed by atoms with Crippen LogP contribution in [0.1, 0.15) is 36.7 Å². The van der Waals surface area contributed by atoms with Gasteiger partial charge in [-0.25, -0.2) is 0 Å². The minimum atomic E-state index is 0.112. The third-order valence-electron chi connectivity index (χ3n) is 5.01. The number of amides is 1. The number of nitrogens with one attached hydrogen (secondary N) is 1. The van der Waals surface area contributed by atoms with E-state index in [0.29, 0.717) is 18.6 Å². The predicted octanol–water partition coefficient (Wildman–Crippen LogP) is 1.81. The maximum Gasteiger partial charge on any atom is 0.238 e. The van der Waals surface area contributed by atoms with Gasteiger partial charge in [-0.2, -0.15) is 0 Å². The summed E-state index contributed by atoms with van der Waals surface area (Å²) in [6, 6.07) is 5.34. The molecular weight excluding hydrogens is 270 g/mol. The molecule has 3 aliphatic rings. The zero-order chi connectivity index (χ0) is 13.5. The Morgan fingerprint density at radius 2 is 2.20 bits per heavy atom. The van der Waals surface area contributed by atoms with Crippen LogP contribution < -0.4 is 5.32 Å². The lowest BCUT2D eigenvalue weighted by molar-refractivity contribution is -0.131. The number of fused-ring (bicyclic) bond motifs is 1. The van der Waals surface area contributed by atoms with Gasteiger partial charge in [0.25, 0.3) is 0 Å². The van der Waals surface area contributed by atoms with E-state index >= 15 is 0 Å². The second-order valence-electron chi connectivity index (χ2n) is 6.11. The number of rotatable bonds is 2. The Labute approximate surface area is 123 Å². The average Bonchev–Trinajstić information content (AvgIpc) is 3.17. The molecule has 0 radical (unpaired) electrons. The van der Waals surface area contributed by atoms with E-state index in [1.54, 1.807) is 11.3 Å². The van der Waals surface area contributed by atoms with Crippen molar-refractivity contribution in [2.45, 2.75) is 43.9 Å². The molecule has 4 heterocycles. The highest BCUT2D eigenvalue weighted by Crippen LogP contribution is 2.35. The normalized spacial score (nSPS) is 34.7. The molecule has 1 aromatic rings. The second kappa shape index (κ2) is 5.13. The first-order chi connectivity index (χ1) is 9.83. The summed E-state index contributed by atoms with van der Waals surface area (Å²) in [5.74, 6) is 0.278. The van der Waals surface area contributed by atoms with E-state index in [1.165, 1.54) is 24.3 Å². The molecule has 20 heavy (non-hydrogen) atoms. The molecule has 5 heteroatoms. The monoisotopic (exact) mass is 291 g/mol. The Bertz CT molecular complexity index is 489. The van der Waals surface area contributed by atoms with Gasteiger partial charge in [0.15, 0.2) is 0 Å². The van der Waals surface area contributed by atoms with Crippen LogP contribution in [0, 0.1) is 0 Å². The maximum absolute atomic E-state index is 12.3. The molecule has 1 N–H and O–H groups in total. The van der Waals surface area contributed by atoms with Crippen LogP contribution in [0.15, 0.2) is 17.5 Å². The van der Waals surface area contributed by atoms with Crippen molar-refractivity contribution in [2.24, 2.45) is 0 Å². The number of piperidine rings is 1. The fraction of sp³-hybridized carbons (Fsp3) is 0.667. The van der Waals surface area contributed by atoms with Crippen LogP contribution in [-0.4, -0.2) is 47.4 Å². The summed E-state index contributed by atoms with van der Waals surface area (Å²) >= 11 is 1.74. The fourth-order valence-electron chi connectivity index (χ4n) is 4.07. The molecule has 0 saturated carbocycles. The van der Waals surface area contributed by atoms with Gasteiger partial charge in [0.1, 0.15) is 6.17 Å². The highest BCUT2D eigenvalue weighted by atomic mass is 32.1. The maximum atomic E-state index is 12.3. The highest BCUT2D eigenvalue weighted by Gasteiger charge is 2.41. The van der Waals surface area contributed by atoms with Gasteiger partial charge in [-0.05, 0) is 43.7 Å². The van der Waals surface area contributed by atoms with E-state index in [-0.39, 0.29) is 12.1 Å². The molecule has 0 aromatic carbocycles. The van der Waals surface area contributed by atoms with Crippen molar-refractivity contribution in [1.29, 1.82) is 0 Å². The molecule has 4 nitrogen and oxygen atoms in total. The quantitative estimate of drug-likeness (QED) is 0.902. The summed E-state index contributed by atoms with van der Waals surface area (Å²) in [5.41, 5.74) is 0. The first kappa shape index (κ1) is 12.8. The Morgan fingerprint density at radius 1 is 1.25 bits per heavy atom. The molecule has 0 aliphatic carbocycles. The molecular formula is C15H21N3OS. The Balaban J connectivity index is 1.54. The van der Waals surface area contributed by atoms with Crippen LogP contribution in [0.25, 0.3) is 0 Å². The number of hydrogen-bond donors (Lipinski definition) is 1. The number of carbonyl (C=O) groups excluding carboxylic acids is 1. The van der Waals surface area contributed by atoms with Gasteiger partial charge in [0.05, 0.1) is 6.54 Å². The van der Waals surface area contributed by atoms with E-state index in [1.807, 2.05) is 0 Å². The van der Waals surface area contributed by atoms with E-state index in [4.69, 9.17) is 0 Å². The van der Waals surface area contributed by atoms with E-state index in [0.717, 1.165) is 19.4 Å². The van der Waals surface area contributed by atoms with E-state index in [2.05, 4.69) is 32.6 Å². The number of nitrogens with zero attached hydrogens (tertiary/aromatic N) is 2. The molecule has 1 aromatic heterocycles. The lowest BCUT2D eigenvalue weighted by Gasteiger charge is -2.41. The van der Waals surface area contributed by atoms with Gasteiger partial charge in [-0.15, -0.1) is 11.3 Å². The Hall–Kier alpha value is -0.910. The lowest BCUT2D eigenvalue weighted by atomic mass is 9.96. The first-order valence-corrected chi connectivity index (χ1v) is 8.53. The van der Waals surface area contributed by atoms with Crippen molar-refractivity contribution in [3.63, 3.8) is 0 Å². The standard InChI is InChI=1S/C15H21N3OS/c19-14-10-16-15(13-4-2-8-20-13)18(14)12-5-7-17-6-1-3-11(17)9-12/h2,4,8,11-12,15-16H,1,3,5-7,9-10H2. The van der Waals surface area contributed by atoms with Gasteiger partial charge < -0.3 is 9.80 Å². The third-order valence-corrected chi connectivity index (χ3v) is 5.94.